The van der Waals surface area contributed by atoms with Gasteiger partial charge in [-0.3, -0.25) is 4.79 Å². The van der Waals surface area contributed by atoms with E-state index in [1.165, 1.54) is 12.8 Å². The summed E-state index contributed by atoms with van der Waals surface area (Å²) in [5.74, 6) is 2.43. The molecule has 4 heterocycles. The minimum atomic E-state index is -0.207. The van der Waals surface area contributed by atoms with E-state index in [1.54, 1.807) is 23.0 Å². The molecule has 1 aromatic carbocycles. The van der Waals surface area contributed by atoms with Crippen LogP contribution in [0.25, 0.3) is 17.2 Å². The van der Waals surface area contributed by atoms with E-state index >= 15 is 0 Å². The Morgan fingerprint density at radius 3 is 2.56 bits per heavy atom. The largest absolute Gasteiger partial charge is 0.322 e. The van der Waals surface area contributed by atoms with Gasteiger partial charge < -0.3 is 9.88 Å². The molecule has 8 heteroatoms. The molecule has 0 saturated carbocycles. The third-order valence-electron chi connectivity index (χ3n) is 5.75. The topological polar surface area (TPSA) is 90.5 Å². The number of carbonyl (C=O) groups excluding carboxylic acids is 1. The fraction of sp³-hybridized carbons (Fsp3) is 0.292. The zero-order valence-electron chi connectivity index (χ0n) is 18.2. The highest BCUT2D eigenvalue weighted by Crippen LogP contribution is 2.24. The Hall–Kier alpha value is -3.81. The number of pyridine rings is 1. The molecule has 0 aliphatic carbocycles. The lowest BCUT2D eigenvalue weighted by molar-refractivity contribution is 0.102. The third kappa shape index (κ3) is 3.91. The number of hydrogen-bond donors (Lipinski definition) is 1. The Labute approximate surface area is 186 Å². The van der Waals surface area contributed by atoms with Crippen LogP contribution in [0.1, 0.15) is 46.8 Å². The SMILES string of the molecule is Cc1cc(C)n(-c2ccc(C(=O)Nc3ccc(-c4nnc5n4CCCCC5)cc3)cn2)n1. The molecule has 1 amide bonds. The summed E-state index contributed by atoms with van der Waals surface area (Å²) in [6.45, 7) is 4.87. The van der Waals surface area contributed by atoms with E-state index < -0.39 is 0 Å². The Morgan fingerprint density at radius 2 is 1.84 bits per heavy atom. The van der Waals surface area contributed by atoms with E-state index in [2.05, 4.69) is 30.2 Å². The number of aromatic nitrogens is 6. The first-order valence-corrected chi connectivity index (χ1v) is 10.9. The Morgan fingerprint density at radius 1 is 1.00 bits per heavy atom. The first-order chi connectivity index (χ1) is 15.6. The maximum absolute atomic E-state index is 12.7. The minimum Gasteiger partial charge on any atom is -0.322 e. The molecule has 32 heavy (non-hydrogen) atoms. The van der Waals surface area contributed by atoms with Crippen LogP contribution >= 0.6 is 0 Å². The molecule has 0 radical (unpaired) electrons. The molecule has 0 fully saturated rings. The quantitative estimate of drug-likeness (QED) is 0.529. The predicted octanol–water partition coefficient (Wildman–Crippen LogP) is 4.12. The number of carbonyl (C=O) groups is 1. The standard InChI is InChI=1S/C24H25N7O/c1-16-14-17(2)31(29-16)21-12-9-19(15-25-21)24(32)26-20-10-7-18(8-11-20)23-28-27-22-6-4-3-5-13-30(22)23/h7-12,14-15H,3-6,13H2,1-2H3,(H,26,32). The van der Waals surface area contributed by atoms with Crippen molar-refractivity contribution in [2.45, 2.75) is 46.1 Å². The number of aryl methyl sites for hydroxylation is 3. The van der Waals surface area contributed by atoms with Gasteiger partial charge in [0.15, 0.2) is 11.6 Å². The molecule has 0 atom stereocenters. The van der Waals surface area contributed by atoms with Gasteiger partial charge in [0.2, 0.25) is 0 Å². The lowest BCUT2D eigenvalue weighted by Gasteiger charge is -2.09. The first kappa shape index (κ1) is 20.1. The number of benzene rings is 1. The van der Waals surface area contributed by atoms with Crippen LogP contribution in [-0.4, -0.2) is 35.4 Å². The highest BCUT2D eigenvalue weighted by atomic mass is 16.1. The number of anilines is 1. The lowest BCUT2D eigenvalue weighted by atomic mass is 10.2. The van der Waals surface area contributed by atoms with Crippen LogP contribution < -0.4 is 5.32 Å². The number of amides is 1. The predicted molar refractivity (Wildman–Crippen MR) is 122 cm³/mol. The zero-order chi connectivity index (χ0) is 22.1. The van der Waals surface area contributed by atoms with Gasteiger partial charge in [0.25, 0.3) is 5.91 Å². The number of hydrogen-bond acceptors (Lipinski definition) is 5. The van der Waals surface area contributed by atoms with Crippen molar-refractivity contribution in [3.63, 3.8) is 0 Å². The monoisotopic (exact) mass is 427 g/mol. The maximum atomic E-state index is 12.7. The number of nitrogens with zero attached hydrogens (tertiary/aromatic N) is 6. The summed E-state index contributed by atoms with van der Waals surface area (Å²) in [6.07, 6.45) is 6.10. The van der Waals surface area contributed by atoms with E-state index in [0.717, 1.165) is 53.7 Å². The summed E-state index contributed by atoms with van der Waals surface area (Å²) in [5, 5.41) is 16.1. The van der Waals surface area contributed by atoms with Gasteiger partial charge in [-0.25, -0.2) is 9.67 Å². The highest BCUT2D eigenvalue weighted by molar-refractivity contribution is 6.04. The molecule has 0 unspecified atom stereocenters. The average Bonchev–Trinajstić information content (AvgIpc) is 3.27. The molecule has 162 valence electrons. The van der Waals surface area contributed by atoms with Crippen LogP contribution in [-0.2, 0) is 13.0 Å². The van der Waals surface area contributed by atoms with Gasteiger partial charge in [-0.05, 0) is 69.2 Å². The molecule has 3 aromatic heterocycles. The van der Waals surface area contributed by atoms with Crippen molar-refractivity contribution < 1.29 is 4.79 Å². The number of nitrogens with one attached hydrogen (secondary N) is 1. The molecular weight excluding hydrogens is 402 g/mol. The summed E-state index contributed by atoms with van der Waals surface area (Å²) in [7, 11) is 0. The lowest BCUT2D eigenvalue weighted by Crippen LogP contribution is -2.13. The fourth-order valence-electron chi connectivity index (χ4n) is 4.11. The van der Waals surface area contributed by atoms with Gasteiger partial charge in [-0.15, -0.1) is 10.2 Å². The Kier molecular flexibility index (Phi) is 5.26. The van der Waals surface area contributed by atoms with E-state index in [4.69, 9.17) is 0 Å². The molecule has 5 rings (SSSR count). The maximum Gasteiger partial charge on any atom is 0.257 e. The van der Waals surface area contributed by atoms with E-state index in [9.17, 15) is 4.79 Å². The zero-order valence-corrected chi connectivity index (χ0v) is 18.2. The van der Waals surface area contributed by atoms with Gasteiger partial charge in [-0.2, -0.15) is 5.10 Å². The van der Waals surface area contributed by atoms with Crippen LogP contribution in [0.5, 0.6) is 0 Å². The van der Waals surface area contributed by atoms with Gasteiger partial charge >= 0.3 is 0 Å². The highest BCUT2D eigenvalue weighted by Gasteiger charge is 2.16. The van der Waals surface area contributed by atoms with Crippen molar-refractivity contribution in [1.82, 2.24) is 29.5 Å². The summed E-state index contributed by atoms with van der Waals surface area (Å²) in [6, 6.07) is 13.3. The first-order valence-electron chi connectivity index (χ1n) is 10.9. The summed E-state index contributed by atoms with van der Waals surface area (Å²) < 4.78 is 3.98. The van der Waals surface area contributed by atoms with Crippen molar-refractivity contribution in [3.05, 3.63) is 71.4 Å². The van der Waals surface area contributed by atoms with Crippen molar-refractivity contribution in [2.75, 3.05) is 5.32 Å². The van der Waals surface area contributed by atoms with E-state index in [-0.39, 0.29) is 5.91 Å². The molecule has 0 bridgehead atoms. The normalized spacial score (nSPS) is 13.4. The van der Waals surface area contributed by atoms with Crippen LogP contribution in [0.3, 0.4) is 0 Å². The molecule has 1 aliphatic rings. The van der Waals surface area contributed by atoms with Crippen molar-refractivity contribution in [3.8, 4) is 17.2 Å². The van der Waals surface area contributed by atoms with Crippen LogP contribution in [0.2, 0.25) is 0 Å². The molecule has 8 nitrogen and oxygen atoms in total. The second kappa shape index (κ2) is 8.37. The van der Waals surface area contributed by atoms with Crippen LogP contribution in [0, 0.1) is 13.8 Å². The number of fused-ring (bicyclic) bond motifs is 1. The average molecular weight is 428 g/mol. The van der Waals surface area contributed by atoms with Crippen molar-refractivity contribution in [1.29, 1.82) is 0 Å². The summed E-state index contributed by atoms with van der Waals surface area (Å²) in [5.41, 5.74) is 4.13. The second-order valence-electron chi connectivity index (χ2n) is 8.18. The summed E-state index contributed by atoms with van der Waals surface area (Å²) >= 11 is 0. The second-order valence-corrected chi connectivity index (χ2v) is 8.18. The third-order valence-corrected chi connectivity index (χ3v) is 5.75. The van der Waals surface area contributed by atoms with Gasteiger partial charge in [0.05, 0.1) is 11.3 Å². The smallest absolute Gasteiger partial charge is 0.257 e. The minimum absolute atomic E-state index is 0.207. The van der Waals surface area contributed by atoms with Crippen LogP contribution in [0.4, 0.5) is 5.69 Å². The van der Waals surface area contributed by atoms with Crippen LogP contribution in [0.15, 0.2) is 48.7 Å². The molecule has 0 spiro atoms. The van der Waals surface area contributed by atoms with Gasteiger partial charge in [0.1, 0.15) is 5.82 Å². The van der Waals surface area contributed by atoms with E-state index in [1.807, 2.05) is 44.2 Å². The number of rotatable bonds is 4. The molecule has 1 N–H and O–H groups in total. The van der Waals surface area contributed by atoms with Gasteiger partial charge in [0, 0.05) is 36.1 Å². The van der Waals surface area contributed by atoms with Crippen molar-refractivity contribution >= 4 is 11.6 Å². The van der Waals surface area contributed by atoms with Gasteiger partial charge in [-0.1, -0.05) is 6.42 Å². The van der Waals surface area contributed by atoms with E-state index in [0.29, 0.717) is 11.4 Å². The molecule has 1 aliphatic heterocycles. The fourth-order valence-corrected chi connectivity index (χ4v) is 4.11. The molecule has 4 aromatic rings. The molecular formula is C24H25N7O. The molecule has 0 saturated heterocycles. The summed E-state index contributed by atoms with van der Waals surface area (Å²) in [4.78, 5) is 17.1. The Bertz CT molecular complexity index is 1250. The van der Waals surface area contributed by atoms with Crippen molar-refractivity contribution in [2.24, 2.45) is 0 Å². The Balaban J connectivity index is 1.29.